The average Bonchev–Trinajstić information content (AvgIpc) is 2.97. The summed E-state index contributed by atoms with van der Waals surface area (Å²) in [5.41, 5.74) is 2.72. The zero-order valence-corrected chi connectivity index (χ0v) is 22.4. The van der Waals surface area contributed by atoms with Crippen molar-refractivity contribution in [3.8, 4) is 17.0 Å². The van der Waals surface area contributed by atoms with Crippen molar-refractivity contribution >= 4 is 34.0 Å². The highest BCUT2D eigenvalue weighted by molar-refractivity contribution is 6.03. The van der Waals surface area contributed by atoms with Crippen LogP contribution in [0.1, 0.15) is 6.42 Å². The topological polar surface area (TPSA) is 95.5 Å². The van der Waals surface area contributed by atoms with Gasteiger partial charge in [0.05, 0.1) is 23.5 Å². The number of ether oxygens (including phenoxy) is 1. The van der Waals surface area contributed by atoms with Crippen LogP contribution in [0, 0.1) is 5.82 Å². The number of likely N-dealkylation sites (N-methyl/N-ethyl adjacent to an activating group) is 1. The summed E-state index contributed by atoms with van der Waals surface area (Å²) in [7, 11) is 2.14. The molecule has 0 radical (unpaired) electrons. The van der Waals surface area contributed by atoms with Crippen LogP contribution in [-0.4, -0.2) is 77.0 Å². The summed E-state index contributed by atoms with van der Waals surface area (Å²) in [4.78, 5) is 30.2. The molecule has 1 aliphatic rings. The van der Waals surface area contributed by atoms with Gasteiger partial charge >= 0.3 is 0 Å². The van der Waals surface area contributed by atoms with Crippen molar-refractivity contribution in [3.63, 3.8) is 0 Å². The van der Waals surface area contributed by atoms with E-state index in [0.717, 1.165) is 39.1 Å². The molecular formula is C30H32FN7O2. The first-order valence-corrected chi connectivity index (χ1v) is 13.2. The number of piperazine rings is 1. The summed E-state index contributed by atoms with van der Waals surface area (Å²) in [5, 5.41) is 6.81. The molecule has 206 valence electrons. The molecule has 2 aromatic heterocycles. The van der Waals surface area contributed by atoms with Gasteiger partial charge < -0.3 is 25.2 Å². The molecule has 10 heteroatoms. The maximum Gasteiger partial charge on any atom is 0.247 e. The van der Waals surface area contributed by atoms with Crippen molar-refractivity contribution < 1.29 is 13.9 Å². The molecule has 2 aromatic carbocycles. The van der Waals surface area contributed by atoms with Crippen LogP contribution in [0.25, 0.3) is 22.2 Å². The Bertz CT molecular complexity index is 1500. The van der Waals surface area contributed by atoms with Crippen molar-refractivity contribution in [1.29, 1.82) is 0 Å². The van der Waals surface area contributed by atoms with Crippen LogP contribution in [-0.2, 0) is 4.79 Å². The number of benzene rings is 2. The third-order valence-electron chi connectivity index (χ3n) is 6.82. The number of pyridine rings is 1. The molecule has 1 aliphatic heterocycles. The zero-order chi connectivity index (χ0) is 27.9. The summed E-state index contributed by atoms with van der Waals surface area (Å²) in [6.07, 6.45) is 5.14. The molecule has 5 rings (SSSR count). The van der Waals surface area contributed by atoms with E-state index >= 15 is 0 Å². The van der Waals surface area contributed by atoms with Gasteiger partial charge in [-0.2, -0.15) is 0 Å². The number of fused-ring (bicyclic) bond motifs is 1. The summed E-state index contributed by atoms with van der Waals surface area (Å²) in [6, 6.07) is 13.6. The number of nitrogens with zero attached hydrogens (tertiary/aromatic N) is 5. The highest BCUT2D eigenvalue weighted by atomic mass is 19.1. The third kappa shape index (κ3) is 6.59. The van der Waals surface area contributed by atoms with Crippen molar-refractivity contribution in [2.75, 3.05) is 57.0 Å². The standard InChI is InChI=1S/C30H32FN7O2/c1-3-29(39)36-27-18-23-26(19-28(27)40-16-6-11-38-14-12-37(2)13-15-38)33-20-34-30(23)35-21-9-10-32-25(17-21)22-7-4-5-8-24(22)31/h3-5,7-10,17-20H,1,6,11-16H2,2H3,(H,36,39)(H,32,33,34,35). The molecule has 0 bridgehead atoms. The molecule has 0 atom stereocenters. The van der Waals surface area contributed by atoms with E-state index in [1.54, 1.807) is 48.7 Å². The molecular weight excluding hydrogens is 509 g/mol. The van der Waals surface area contributed by atoms with E-state index in [0.29, 0.717) is 51.7 Å². The Hall–Kier alpha value is -4.41. The predicted molar refractivity (Wildman–Crippen MR) is 155 cm³/mol. The molecule has 40 heavy (non-hydrogen) atoms. The number of carbonyl (C=O) groups is 1. The van der Waals surface area contributed by atoms with Gasteiger partial charge in [-0.3, -0.25) is 9.78 Å². The van der Waals surface area contributed by atoms with Crippen molar-refractivity contribution in [3.05, 3.63) is 79.5 Å². The van der Waals surface area contributed by atoms with E-state index in [-0.39, 0.29) is 11.7 Å². The Morgan fingerprint density at radius 2 is 1.93 bits per heavy atom. The lowest BCUT2D eigenvalue weighted by Gasteiger charge is -2.32. The second-order valence-electron chi connectivity index (χ2n) is 9.66. The van der Waals surface area contributed by atoms with Gasteiger partial charge in [-0.05, 0) is 49.9 Å². The normalized spacial score (nSPS) is 14.2. The summed E-state index contributed by atoms with van der Waals surface area (Å²) >= 11 is 0. The number of halogens is 1. The molecule has 4 aromatic rings. The van der Waals surface area contributed by atoms with Crippen molar-refractivity contribution in [1.82, 2.24) is 24.8 Å². The van der Waals surface area contributed by atoms with Gasteiger partial charge in [0.2, 0.25) is 5.91 Å². The molecule has 2 N–H and O–H groups in total. The first-order valence-electron chi connectivity index (χ1n) is 13.2. The second kappa shape index (κ2) is 12.6. The van der Waals surface area contributed by atoms with Gasteiger partial charge in [-0.25, -0.2) is 14.4 Å². The Balaban J connectivity index is 1.37. The van der Waals surface area contributed by atoms with Gasteiger partial charge in [-0.1, -0.05) is 18.7 Å². The van der Waals surface area contributed by atoms with Gasteiger partial charge in [0.25, 0.3) is 0 Å². The molecule has 9 nitrogen and oxygen atoms in total. The monoisotopic (exact) mass is 541 g/mol. The smallest absolute Gasteiger partial charge is 0.247 e. The van der Waals surface area contributed by atoms with Crippen molar-refractivity contribution in [2.45, 2.75) is 6.42 Å². The van der Waals surface area contributed by atoms with E-state index < -0.39 is 0 Å². The van der Waals surface area contributed by atoms with E-state index in [9.17, 15) is 9.18 Å². The highest BCUT2D eigenvalue weighted by Gasteiger charge is 2.16. The minimum Gasteiger partial charge on any atom is -0.491 e. The van der Waals surface area contributed by atoms with Crippen LogP contribution < -0.4 is 15.4 Å². The fourth-order valence-corrected chi connectivity index (χ4v) is 4.59. The molecule has 0 saturated carbocycles. The maximum absolute atomic E-state index is 14.3. The summed E-state index contributed by atoms with van der Waals surface area (Å²) < 4.78 is 20.5. The number of rotatable bonds is 10. The zero-order valence-electron chi connectivity index (χ0n) is 22.4. The van der Waals surface area contributed by atoms with E-state index in [4.69, 9.17) is 4.74 Å². The Morgan fingerprint density at radius 1 is 1.10 bits per heavy atom. The van der Waals surface area contributed by atoms with Crippen LogP contribution in [0.3, 0.4) is 0 Å². The first-order chi connectivity index (χ1) is 19.5. The average molecular weight is 542 g/mol. The molecule has 1 saturated heterocycles. The van der Waals surface area contributed by atoms with Gasteiger partial charge in [0.1, 0.15) is 23.7 Å². The van der Waals surface area contributed by atoms with Crippen LogP contribution >= 0.6 is 0 Å². The Morgan fingerprint density at radius 3 is 2.73 bits per heavy atom. The minimum atomic E-state index is -0.350. The third-order valence-corrected chi connectivity index (χ3v) is 6.82. The Labute approximate surface area is 232 Å². The Kier molecular flexibility index (Phi) is 8.58. The molecule has 0 spiro atoms. The highest BCUT2D eigenvalue weighted by Crippen LogP contribution is 2.34. The summed E-state index contributed by atoms with van der Waals surface area (Å²) in [5.74, 6) is 0.345. The molecule has 0 aliphatic carbocycles. The lowest BCUT2D eigenvalue weighted by atomic mass is 10.1. The maximum atomic E-state index is 14.3. The van der Waals surface area contributed by atoms with E-state index in [1.807, 2.05) is 0 Å². The number of amides is 1. The summed E-state index contributed by atoms with van der Waals surface area (Å²) in [6.45, 7) is 9.27. The number of hydrogen-bond donors (Lipinski definition) is 2. The van der Waals surface area contributed by atoms with Crippen LogP contribution in [0.15, 0.2) is 73.7 Å². The van der Waals surface area contributed by atoms with Gasteiger partial charge in [0.15, 0.2) is 0 Å². The fraction of sp³-hybridized carbons (Fsp3) is 0.267. The van der Waals surface area contributed by atoms with E-state index in [1.165, 1.54) is 18.5 Å². The van der Waals surface area contributed by atoms with Crippen LogP contribution in [0.4, 0.5) is 21.6 Å². The SMILES string of the molecule is C=CC(=O)Nc1cc2c(Nc3ccnc(-c4ccccc4F)c3)ncnc2cc1OCCCN1CCN(C)CC1. The van der Waals surface area contributed by atoms with Gasteiger partial charge in [-0.15, -0.1) is 0 Å². The number of anilines is 3. The lowest BCUT2D eigenvalue weighted by molar-refractivity contribution is -0.111. The van der Waals surface area contributed by atoms with Crippen LogP contribution in [0.5, 0.6) is 5.75 Å². The lowest BCUT2D eigenvalue weighted by Crippen LogP contribution is -2.44. The number of carbonyl (C=O) groups excluding carboxylic acids is 1. The van der Waals surface area contributed by atoms with E-state index in [2.05, 4.69) is 49.0 Å². The molecule has 3 heterocycles. The number of aromatic nitrogens is 3. The molecule has 1 fully saturated rings. The number of nitrogens with one attached hydrogen (secondary N) is 2. The minimum absolute atomic E-state index is 0.349. The largest absolute Gasteiger partial charge is 0.491 e. The van der Waals surface area contributed by atoms with Crippen molar-refractivity contribution in [2.24, 2.45) is 0 Å². The second-order valence-corrected chi connectivity index (χ2v) is 9.66. The van der Waals surface area contributed by atoms with Crippen LogP contribution in [0.2, 0.25) is 0 Å². The quantitative estimate of drug-likeness (QED) is 0.220. The molecule has 1 amide bonds. The predicted octanol–water partition coefficient (Wildman–Crippen LogP) is 4.72. The fourth-order valence-electron chi connectivity index (χ4n) is 4.59. The molecule has 0 unspecified atom stereocenters. The van der Waals surface area contributed by atoms with Gasteiger partial charge in [0, 0.05) is 61.6 Å². The number of hydrogen-bond acceptors (Lipinski definition) is 8. The first kappa shape index (κ1) is 27.2.